The minimum absolute atomic E-state index is 0.165. The van der Waals surface area contributed by atoms with E-state index in [0.717, 1.165) is 16.5 Å². The highest BCUT2D eigenvalue weighted by atomic mass is 35.5. The average Bonchev–Trinajstić information content (AvgIpc) is 2.22. The van der Waals surface area contributed by atoms with E-state index in [1.54, 1.807) is 0 Å². The van der Waals surface area contributed by atoms with E-state index in [9.17, 15) is 4.79 Å². The second-order valence-electron chi connectivity index (χ2n) is 3.03. The SMILES string of the molecule is CC.Cc1ccc2[nH]c(=O)cc(Cl)c2c1. The third kappa shape index (κ3) is 2.60. The molecule has 0 radical (unpaired) electrons. The molecular weight excluding hydrogens is 210 g/mol. The van der Waals surface area contributed by atoms with Crippen molar-refractivity contribution in [2.75, 3.05) is 0 Å². The summed E-state index contributed by atoms with van der Waals surface area (Å²) in [4.78, 5) is 13.8. The maximum absolute atomic E-state index is 11.0. The molecule has 0 aliphatic heterocycles. The van der Waals surface area contributed by atoms with E-state index in [2.05, 4.69) is 4.98 Å². The minimum atomic E-state index is -0.165. The standard InChI is InChI=1S/C10H8ClNO.C2H6/c1-6-2-3-9-7(4-6)8(11)5-10(13)12-9;1-2/h2-5H,1H3,(H,12,13);1-2H3. The van der Waals surface area contributed by atoms with Crippen molar-refractivity contribution in [1.82, 2.24) is 4.98 Å². The molecule has 1 heterocycles. The van der Waals surface area contributed by atoms with Crippen LogP contribution in [0.4, 0.5) is 0 Å². The Kier molecular flexibility index (Phi) is 3.92. The van der Waals surface area contributed by atoms with Gasteiger partial charge >= 0.3 is 0 Å². The summed E-state index contributed by atoms with van der Waals surface area (Å²) in [7, 11) is 0. The Balaban J connectivity index is 0.000000531. The van der Waals surface area contributed by atoms with Gasteiger partial charge in [0.05, 0.1) is 5.02 Å². The van der Waals surface area contributed by atoms with Crippen molar-refractivity contribution >= 4 is 22.5 Å². The van der Waals surface area contributed by atoms with E-state index < -0.39 is 0 Å². The molecule has 0 aliphatic carbocycles. The van der Waals surface area contributed by atoms with Gasteiger partial charge in [-0.25, -0.2) is 0 Å². The maximum Gasteiger partial charge on any atom is 0.249 e. The number of nitrogens with one attached hydrogen (secondary N) is 1. The van der Waals surface area contributed by atoms with Gasteiger partial charge in [-0.2, -0.15) is 0 Å². The normalized spacial score (nSPS) is 9.60. The summed E-state index contributed by atoms with van der Waals surface area (Å²) >= 11 is 5.91. The summed E-state index contributed by atoms with van der Waals surface area (Å²) in [5.41, 5.74) is 1.74. The molecule has 0 atom stereocenters. The van der Waals surface area contributed by atoms with Gasteiger partial charge in [0.1, 0.15) is 0 Å². The Labute approximate surface area is 93.9 Å². The molecule has 0 saturated heterocycles. The van der Waals surface area contributed by atoms with Gasteiger partial charge in [-0.15, -0.1) is 0 Å². The van der Waals surface area contributed by atoms with Gasteiger partial charge in [0, 0.05) is 17.0 Å². The molecule has 15 heavy (non-hydrogen) atoms. The molecule has 0 spiro atoms. The van der Waals surface area contributed by atoms with Crippen LogP contribution in [0.5, 0.6) is 0 Å². The quantitative estimate of drug-likeness (QED) is 0.729. The van der Waals surface area contributed by atoms with E-state index >= 15 is 0 Å². The van der Waals surface area contributed by atoms with Gasteiger partial charge in [0.25, 0.3) is 0 Å². The number of aromatic amines is 1. The molecule has 1 aromatic heterocycles. The monoisotopic (exact) mass is 223 g/mol. The highest BCUT2D eigenvalue weighted by Crippen LogP contribution is 2.20. The number of pyridine rings is 1. The molecule has 0 saturated carbocycles. The second kappa shape index (κ2) is 4.99. The van der Waals surface area contributed by atoms with Crippen molar-refractivity contribution in [2.45, 2.75) is 20.8 Å². The fourth-order valence-corrected chi connectivity index (χ4v) is 1.58. The minimum Gasteiger partial charge on any atom is -0.322 e. The van der Waals surface area contributed by atoms with Gasteiger partial charge in [-0.1, -0.05) is 37.1 Å². The van der Waals surface area contributed by atoms with Crippen LogP contribution < -0.4 is 5.56 Å². The summed E-state index contributed by atoms with van der Waals surface area (Å²) in [6.45, 7) is 5.99. The van der Waals surface area contributed by atoms with Crippen molar-refractivity contribution in [2.24, 2.45) is 0 Å². The number of benzene rings is 1. The molecular formula is C12H14ClNO. The summed E-state index contributed by atoms with van der Waals surface area (Å²) in [5, 5.41) is 1.39. The number of fused-ring (bicyclic) bond motifs is 1. The Morgan fingerprint density at radius 3 is 2.53 bits per heavy atom. The first-order valence-electron chi connectivity index (χ1n) is 4.96. The topological polar surface area (TPSA) is 32.9 Å². The Bertz CT molecular complexity index is 517. The zero-order chi connectivity index (χ0) is 11.4. The fourth-order valence-electron chi connectivity index (χ4n) is 1.33. The molecule has 0 fully saturated rings. The molecule has 2 nitrogen and oxygen atoms in total. The zero-order valence-electron chi connectivity index (χ0n) is 9.10. The largest absolute Gasteiger partial charge is 0.322 e. The molecule has 0 aliphatic rings. The van der Waals surface area contributed by atoms with Crippen LogP contribution >= 0.6 is 11.6 Å². The predicted octanol–water partition coefficient (Wildman–Crippen LogP) is 3.52. The number of H-pyrrole nitrogens is 1. The van der Waals surface area contributed by atoms with Gasteiger partial charge < -0.3 is 4.98 Å². The first-order valence-corrected chi connectivity index (χ1v) is 5.34. The molecule has 1 N–H and O–H groups in total. The lowest BCUT2D eigenvalue weighted by Crippen LogP contribution is -2.03. The third-order valence-electron chi connectivity index (χ3n) is 1.95. The Morgan fingerprint density at radius 1 is 1.20 bits per heavy atom. The average molecular weight is 224 g/mol. The van der Waals surface area contributed by atoms with E-state index in [-0.39, 0.29) is 5.56 Å². The van der Waals surface area contributed by atoms with Crippen LogP contribution in [0.25, 0.3) is 10.9 Å². The number of aromatic nitrogens is 1. The zero-order valence-corrected chi connectivity index (χ0v) is 9.85. The third-order valence-corrected chi connectivity index (χ3v) is 2.26. The summed E-state index contributed by atoms with van der Waals surface area (Å²) in [6, 6.07) is 7.14. The van der Waals surface area contributed by atoms with Crippen LogP contribution in [0.2, 0.25) is 5.02 Å². The van der Waals surface area contributed by atoms with Gasteiger partial charge in [-0.05, 0) is 19.1 Å². The molecule has 80 valence electrons. The Hall–Kier alpha value is -1.28. The van der Waals surface area contributed by atoms with Gasteiger partial charge in [-0.3, -0.25) is 4.79 Å². The molecule has 1 aromatic carbocycles. The summed E-state index contributed by atoms with van der Waals surface area (Å²) < 4.78 is 0. The van der Waals surface area contributed by atoms with Crippen LogP contribution in [-0.2, 0) is 0 Å². The summed E-state index contributed by atoms with van der Waals surface area (Å²) in [5.74, 6) is 0. The molecule has 2 aromatic rings. The number of aryl methyl sites for hydroxylation is 1. The van der Waals surface area contributed by atoms with E-state index in [1.165, 1.54) is 6.07 Å². The summed E-state index contributed by atoms with van der Waals surface area (Å²) in [6.07, 6.45) is 0. The van der Waals surface area contributed by atoms with E-state index in [0.29, 0.717) is 5.02 Å². The number of halogens is 1. The molecule has 0 bridgehead atoms. The molecule has 2 rings (SSSR count). The number of rotatable bonds is 0. The highest BCUT2D eigenvalue weighted by Gasteiger charge is 2.00. The van der Waals surface area contributed by atoms with Crippen molar-refractivity contribution in [3.63, 3.8) is 0 Å². The van der Waals surface area contributed by atoms with Crippen LogP contribution in [0, 0.1) is 6.92 Å². The second-order valence-corrected chi connectivity index (χ2v) is 3.44. The van der Waals surface area contributed by atoms with Crippen LogP contribution in [-0.4, -0.2) is 4.98 Å². The fraction of sp³-hybridized carbons (Fsp3) is 0.250. The lowest BCUT2D eigenvalue weighted by molar-refractivity contribution is 1.30. The molecule has 0 amide bonds. The number of hydrogen-bond acceptors (Lipinski definition) is 1. The van der Waals surface area contributed by atoms with Crippen LogP contribution in [0.3, 0.4) is 0 Å². The first-order chi connectivity index (χ1) is 7.16. The smallest absolute Gasteiger partial charge is 0.249 e. The van der Waals surface area contributed by atoms with Gasteiger partial charge in [0.15, 0.2) is 0 Å². The predicted molar refractivity (Wildman–Crippen MR) is 65.7 cm³/mol. The van der Waals surface area contributed by atoms with Crippen molar-refractivity contribution < 1.29 is 0 Å². The molecule has 3 heteroatoms. The van der Waals surface area contributed by atoms with Crippen LogP contribution in [0.15, 0.2) is 29.1 Å². The van der Waals surface area contributed by atoms with Crippen molar-refractivity contribution in [3.05, 3.63) is 45.2 Å². The number of hydrogen-bond donors (Lipinski definition) is 1. The molecule has 0 unspecified atom stereocenters. The maximum atomic E-state index is 11.0. The van der Waals surface area contributed by atoms with E-state index in [1.807, 2.05) is 39.0 Å². The van der Waals surface area contributed by atoms with Crippen molar-refractivity contribution in [3.8, 4) is 0 Å². The Morgan fingerprint density at radius 2 is 1.87 bits per heavy atom. The van der Waals surface area contributed by atoms with Gasteiger partial charge in [0.2, 0.25) is 5.56 Å². The lowest BCUT2D eigenvalue weighted by atomic mass is 10.1. The van der Waals surface area contributed by atoms with Crippen LogP contribution in [0.1, 0.15) is 19.4 Å². The highest BCUT2D eigenvalue weighted by molar-refractivity contribution is 6.35. The lowest BCUT2D eigenvalue weighted by Gasteiger charge is -2.00. The first kappa shape index (κ1) is 11.8. The van der Waals surface area contributed by atoms with Crippen molar-refractivity contribution in [1.29, 1.82) is 0 Å². The van der Waals surface area contributed by atoms with E-state index in [4.69, 9.17) is 11.6 Å².